The minimum Gasteiger partial charge on any atom is -0.422 e. The predicted molar refractivity (Wildman–Crippen MR) is 99.5 cm³/mol. The SMILES string of the molecule is O=C(Oc1ccccc1)c1nc(SCc2ccccc2Cl)ncc1Cl. The lowest BCUT2D eigenvalue weighted by Gasteiger charge is -2.07. The van der Waals surface area contributed by atoms with E-state index in [-0.39, 0.29) is 10.7 Å². The van der Waals surface area contributed by atoms with E-state index < -0.39 is 5.97 Å². The lowest BCUT2D eigenvalue weighted by atomic mass is 10.2. The van der Waals surface area contributed by atoms with Crippen molar-refractivity contribution >= 4 is 40.9 Å². The molecule has 0 aliphatic heterocycles. The van der Waals surface area contributed by atoms with E-state index in [9.17, 15) is 4.79 Å². The van der Waals surface area contributed by atoms with Gasteiger partial charge in [0.15, 0.2) is 10.9 Å². The first kappa shape index (κ1) is 17.7. The van der Waals surface area contributed by atoms with Gasteiger partial charge in [-0.25, -0.2) is 14.8 Å². The summed E-state index contributed by atoms with van der Waals surface area (Å²) in [7, 11) is 0. The molecule has 0 amide bonds. The Kier molecular flexibility index (Phi) is 5.91. The zero-order valence-corrected chi connectivity index (χ0v) is 15.2. The third kappa shape index (κ3) is 4.72. The zero-order valence-electron chi connectivity index (χ0n) is 12.9. The van der Waals surface area contributed by atoms with Crippen molar-refractivity contribution in [2.75, 3.05) is 0 Å². The van der Waals surface area contributed by atoms with E-state index >= 15 is 0 Å². The van der Waals surface area contributed by atoms with Gasteiger partial charge in [0, 0.05) is 10.8 Å². The quantitative estimate of drug-likeness (QED) is 0.256. The fourth-order valence-electron chi connectivity index (χ4n) is 1.97. The van der Waals surface area contributed by atoms with Crippen molar-refractivity contribution in [1.29, 1.82) is 0 Å². The van der Waals surface area contributed by atoms with Crippen LogP contribution in [0.3, 0.4) is 0 Å². The second kappa shape index (κ2) is 8.34. The molecule has 1 aromatic heterocycles. The number of carbonyl (C=O) groups excluding carboxylic acids is 1. The number of benzene rings is 2. The Morgan fingerprint density at radius 1 is 1.00 bits per heavy atom. The molecule has 2 aromatic carbocycles. The smallest absolute Gasteiger partial charge is 0.364 e. The van der Waals surface area contributed by atoms with Crippen LogP contribution in [0.4, 0.5) is 0 Å². The maximum absolute atomic E-state index is 12.3. The fraction of sp³-hybridized carbons (Fsp3) is 0.0556. The monoisotopic (exact) mass is 390 g/mol. The van der Waals surface area contributed by atoms with Gasteiger partial charge in [0.1, 0.15) is 5.75 Å². The maximum Gasteiger partial charge on any atom is 0.364 e. The number of rotatable bonds is 5. The molecule has 126 valence electrons. The molecule has 0 fully saturated rings. The molecule has 0 N–H and O–H groups in total. The summed E-state index contributed by atoms with van der Waals surface area (Å²) in [6.45, 7) is 0. The Hall–Kier alpha value is -2.08. The summed E-state index contributed by atoms with van der Waals surface area (Å²) in [6.07, 6.45) is 1.39. The van der Waals surface area contributed by atoms with Gasteiger partial charge in [0.05, 0.1) is 11.2 Å². The number of thioether (sulfide) groups is 1. The molecule has 0 unspecified atom stereocenters. The van der Waals surface area contributed by atoms with Crippen LogP contribution in [0.25, 0.3) is 0 Å². The molecular weight excluding hydrogens is 379 g/mol. The largest absolute Gasteiger partial charge is 0.422 e. The van der Waals surface area contributed by atoms with Crippen molar-refractivity contribution in [2.45, 2.75) is 10.9 Å². The summed E-state index contributed by atoms with van der Waals surface area (Å²) in [5.74, 6) is 0.375. The van der Waals surface area contributed by atoms with Crippen LogP contribution in [0.5, 0.6) is 5.75 Å². The Balaban J connectivity index is 1.74. The van der Waals surface area contributed by atoms with Crippen LogP contribution >= 0.6 is 35.0 Å². The van der Waals surface area contributed by atoms with Gasteiger partial charge in [0.2, 0.25) is 0 Å². The average molecular weight is 391 g/mol. The maximum atomic E-state index is 12.3. The summed E-state index contributed by atoms with van der Waals surface area (Å²) in [5, 5.41) is 1.24. The summed E-state index contributed by atoms with van der Waals surface area (Å²) >= 11 is 13.5. The van der Waals surface area contributed by atoms with Crippen LogP contribution in [-0.2, 0) is 5.75 Å². The van der Waals surface area contributed by atoms with Crippen molar-refractivity contribution < 1.29 is 9.53 Å². The molecule has 0 spiro atoms. The number of esters is 1. The van der Waals surface area contributed by atoms with Gasteiger partial charge in [-0.3, -0.25) is 0 Å². The Morgan fingerprint density at radius 3 is 2.48 bits per heavy atom. The first-order valence-corrected chi connectivity index (χ1v) is 9.03. The molecule has 7 heteroatoms. The molecule has 3 aromatic rings. The standard InChI is InChI=1S/C18H12Cl2N2O2S/c19-14-9-5-4-6-12(14)11-25-18-21-10-15(20)16(22-18)17(23)24-13-7-2-1-3-8-13/h1-10H,11H2. The number of halogens is 2. The fourth-order valence-corrected chi connectivity index (χ4v) is 3.23. The minimum atomic E-state index is -0.627. The third-order valence-electron chi connectivity index (χ3n) is 3.18. The third-order valence-corrected chi connectivity index (χ3v) is 4.74. The number of hydrogen-bond acceptors (Lipinski definition) is 5. The van der Waals surface area contributed by atoms with Crippen LogP contribution in [0.15, 0.2) is 66.0 Å². The van der Waals surface area contributed by atoms with E-state index in [1.54, 1.807) is 24.3 Å². The molecule has 0 saturated heterocycles. The number of aromatic nitrogens is 2. The van der Waals surface area contributed by atoms with Crippen molar-refractivity contribution in [3.8, 4) is 5.75 Å². The number of nitrogens with zero attached hydrogens (tertiary/aromatic N) is 2. The molecular formula is C18H12Cl2N2O2S. The second-order valence-electron chi connectivity index (χ2n) is 4.93. The molecule has 0 aliphatic rings. The normalized spacial score (nSPS) is 10.5. The van der Waals surface area contributed by atoms with E-state index in [1.807, 2.05) is 30.3 Å². The van der Waals surface area contributed by atoms with Gasteiger partial charge in [-0.05, 0) is 23.8 Å². The molecule has 0 radical (unpaired) electrons. The second-order valence-corrected chi connectivity index (χ2v) is 6.69. The first-order chi connectivity index (χ1) is 12.1. The first-order valence-electron chi connectivity index (χ1n) is 7.29. The van der Waals surface area contributed by atoms with E-state index in [4.69, 9.17) is 27.9 Å². The molecule has 25 heavy (non-hydrogen) atoms. The highest BCUT2D eigenvalue weighted by atomic mass is 35.5. The number of ether oxygens (including phenoxy) is 1. The number of para-hydroxylation sites is 1. The van der Waals surface area contributed by atoms with Crippen molar-refractivity contribution in [1.82, 2.24) is 9.97 Å². The molecule has 0 aliphatic carbocycles. The van der Waals surface area contributed by atoms with Crippen LogP contribution in [0.1, 0.15) is 16.1 Å². The van der Waals surface area contributed by atoms with Crippen LogP contribution < -0.4 is 4.74 Å². The highest BCUT2D eigenvalue weighted by Gasteiger charge is 2.17. The van der Waals surface area contributed by atoms with Gasteiger partial charge in [-0.15, -0.1) is 0 Å². The van der Waals surface area contributed by atoms with Crippen molar-refractivity contribution in [3.05, 3.63) is 82.1 Å². The van der Waals surface area contributed by atoms with E-state index in [0.29, 0.717) is 21.7 Å². The summed E-state index contributed by atoms with van der Waals surface area (Å²) < 4.78 is 5.27. The van der Waals surface area contributed by atoms with Gasteiger partial charge < -0.3 is 4.74 Å². The minimum absolute atomic E-state index is 0.0298. The van der Waals surface area contributed by atoms with E-state index in [0.717, 1.165) is 5.56 Å². The summed E-state index contributed by atoms with van der Waals surface area (Å²) in [6, 6.07) is 16.3. The molecule has 0 bridgehead atoms. The van der Waals surface area contributed by atoms with Crippen molar-refractivity contribution in [3.63, 3.8) is 0 Å². The summed E-state index contributed by atoms with van der Waals surface area (Å²) in [4.78, 5) is 20.6. The topological polar surface area (TPSA) is 52.1 Å². The van der Waals surface area contributed by atoms with Gasteiger partial charge in [0.25, 0.3) is 0 Å². The van der Waals surface area contributed by atoms with Gasteiger partial charge in [-0.1, -0.05) is 71.4 Å². The van der Waals surface area contributed by atoms with E-state index in [1.165, 1.54) is 18.0 Å². The Labute approximate surface area is 159 Å². The highest BCUT2D eigenvalue weighted by Crippen LogP contribution is 2.26. The Morgan fingerprint density at radius 2 is 1.72 bits per heavy atom. The molecule has 0 atom stereocenters. The molecule has 4 nitrogen and oxygen atoms in total. The number of carbonyl (C=O) groups is 1. The highest BCUT2D eigenvalue weighted by molar-refractivity contribution is 7.98. The lowest BCUT2D eigenvalue weighted by molar-refractivity contribution is 0.0727. The molecule has 1 heterocycles. The molecule has 3 rings (SSSR count). The zero-order chi connectivity index (χ0) is 17.6. The van der Waals surface area contributed by atoms with Gasteiger partial charge >= 0.3 is 5.97 Å². The summed E-state index contributed by atoms with van der Waals surface area (Å²) in [5.41, 5.74) is 0.989. The number of hydrogen-bond donors (Lipinski definition) is 0. The van der Waals surface area contributed by atoms with Crippen LogP contribution in [-0.4, -0.2) is 15.9 Å². The molecule has 0 saturated carbocycles. The van der Waals surface area contributed by atoms with Gasteiger partial charge in [-0.2, -0.15) is 0 Å². The van der Waals surface area contributed by atoms with E-state index in [2.05, 4.69) is 9.97 Å². The lowest BCUT2D eigenvalue weighted by Crippen LogP contribution is -2.12. The van der Waals surface area contributed by atoms with Crippen molar-refractivity contribution in [2.24, 2.45) is 0 Å². The van der Waals surface area contributed by atoms with Crippen LogP contribution in [0, 0.1) is 0 Å². The average Bonchev–Trinajstić information content (AvgIpc) is 2.63. The van der Waals surface area contributed by atoms with Crippen LogP contribution in [0.2, 0.25) is 10.0 Å². The predicted octanol–water partition coefficient (Wildman–Crippen LogP) is 5.29. The Bertz CT molecular complexity index is 891.